The number of piperidine rings is 1. The molecule has 102 valence electrons. The molecule has 2 nitrogen and oxygen atoms in total. The molecule has 0 aromatic carbocycles. The molecule has 3 unspecified atom stereocenters. The number of nitrogens with two attached hydrogens (primary N) is 1. The molecule has 0 bridgehead atoms. The average molecular weight is 240 g/mol. The van der Waals surface area contributed by atoms with E-state index in [1.165, 1.54) is 58.0 Å². The van der Waals surface area contributed by atoms with E-state index in [4.69, 9.17) is 5.73 Å². The molecule has 1 fully saturated rings. The standard InChI is InChI=1S/C15H32N2/c1-4-5-6-7-8-9-14(3)17-11-10-15(16)13(2)12-17/h13-15H,4-12,16H2,1-3H3. The third kappa shape index (κ3) is 5.39. The quantitative estimate of drug-likeness (QED) is 0.691. The Bertz CT molecular complexity index is 193. The molecule has 0 amide bonds. The average Bonchev–Trinajstić information content (AvgIpc) is 2.32. The summed E-state index contributed by atoms with van der Waals surface area (Å²) in [6.07, 6.45) is 9.54. The summed E-state index contributed by atoms with van der Waals surface area (Å²) in [5.74, 6) is 0.672. The van der Waals surface area contributed by atoms with Gasteiger partial charge in [-0.15, -0.1) is 0 Å². The van der Waals surface area contributed by atoms with Crippen molar-refractivity contribution >= 4 is 0 Å². The Kier molecular flexibility index (Phi) is 7.14. The van der Waals surface area contributed by atoms with Crippen LogP contribution < -0.4 is 5.73 Å². The first-order valence-electron chi connectivity index (χ1n) is 7.64. The van der Waals surface area contributed by atoms with Crippen molar-refractivity contribution in [3.63, 3.8) is 0 Å². The van der Waals surface area contributed by atoms with E-state index in [1.807, 2.05) is 0 Å². The van der Waals surface area contributed by atoms with Gasteiger partial charge >= 0.3 is 0 Å². The summed E-state index contributed by atoms with van der Waals surface area (Å²) in [4.78, 5) is 2.65. The fourth-order valence-electron chi connectivity index (χ4n) is 2.82. The zero-order chi connectivity index (χ0) is 12.7. The summed E-state index contributed by atoms with van der Waals surface area (Å²) < 4.78 is 0. The lowest BCUT2D eigenvalue weighted by molar-refractivity contribution is 0.117. The van der Waals surface area contributed by atoms with Gasteiger partial charge < -0.3 is 10.6 Å². The monoisotopic (exact) mass is 240 g/mol. The molecular weight excluding hydrogens is 208 g/mol. The second kappa shape index (κ2) is 8.10. The number of hydrogen-bond donors (Lipinski definition) is 1. The maximum absolute atomic E-state index is 6.07. The van der Waals surface area contributed by atoms with Gasteiger partial charge in [0.2, 0.25) is 0 Å². The van der Waals surface area contributed by atoms with E-state index in [0.717, 1.165) is 6.04 Å². The fraction of sp³-hybridized carbons (Fsp3) is 1.00. The van der Waals surface area contributed by atoms with Crippen LogP contribution in [-0.4, -0.2) is 30.1 Å². The molecule has 0 aromatic rings. The number of hydrogen-bond acceptors (Lipinski definition) is 2. The van der Waals surface area contributed by atoms with Crippen LogP contribution in [-0.2, 0) is 0 Å². The van der Waals surface area contributed by atoms with Crippen LogP contribution in [0.25, 0.3) is 0 Å². The Labute approximate surface area is 108 Å². The van der Waals surface area contributed by atoms with Gasteiger partial charge in [-0.25, -0.2) is 0 Å². The van der Waals surface area contributed by atoms with Gasteiger partial charge in [-0.05, 0) is 32.2 Å². The van der Waals surface area contributed by atoms with Gasteiger partial charge in [-0.2, -0.15) is 0 Å². The van der Waals surface area contributed by atoms with E-state index in [1.54, 1.807) is 0 Å². The van der Waals surface area contributed by atoms with E-state index >= 15 is 0 Å². The molecule has 1 rings (SSSR count). The van der Waals surface area contributed by atoms with Gasteiger partial charge in [-0.1, -0.05) is 46.0 Å². The highest BCUT2D eigenvalue weighted by Gasteiger charge is 2.25. The fourth-order valence-corrected chi connectivity index (χ4v) is 2.82. The minimum Gasteiger partial charge on any atom is -0.327 e. The lowest BCUT2D eigenvalue weighted by atomic mass is 9.93. The number of rotatable bonds is 7. The number of nitrogens with zero attached hydrogens (tertiary/aromatic N) is 1. The Morgan fingerprint density at radius 3 is 2.59 bits per heavy atom. The highest BCUT2D eigenvalue weighted by molar-refractivity contribution is 4.82. The summed E-state index contributed by atoms with van der Waals surface area (Å²) in [7, 11) is 0. The van der Waals surface area contributed by atoms with Crippen molar-refractivity contribution < 1.29 is 0 Å². The normalized spacial score (nSPS) is 28.2. The predicted octanol–water partition coefficient (Wildman–Crippen LogP) is 3.40. The van der Waals surface area contributed by atoms with Crippen LogP contribution in [0.5, 0.6) is 0 Å². The molecular formula is C15H32N2. The van der Waals surface area contributed by atoms with E-state index in [9.17, 15) is 0 Å². The van der Waals surface area contributed by atoms with Crippen LogP contribution >= 0.6 is 0 Å². The van der Waals surface area contributed by atoms with Crippen molar-refractivity contribution in [2.45, 2.75) is 77.8 Å². The molecule has 0 spiro atoms. The van der Waals surface area contributed by atoms with Gasteiger partial charge in [0.15, 0.2) is 0 Å². The van der Waals surface area contributed by atoms with E-state index in [2.05, 4.69) is 25.7 Å². The van der Waals surface area contributed by atoms with E-state index in [-0.39, 0.29) is 0 Å². The molecule has 2 heteroatoms. The first kappa shape index (κ1) is 15.0. The molecule has 2 N–H and O–H groups in total. The van der Waals surface area contributed by atoms with Gasteiger partial charge in [0.25, 0.3) is 0 Å². The molecule has 0 aliphatic carbocycles. The summed E-state index contributed by atoms with van der Waals surface area (Å²) >= 11 is 0. The topological polar surface area (TPSA) is 29.3 Å². The van der Waals surface area contributed by atoms with Gasteiger partial charge in [0.05, 0.1) is 0 Å². The van der Waals surface area contributed by atoms with E-state index < -0.39 is 0 Å². The maximum Gasteiger partial charge on any atom is 0.00889 e. The molecule has 0 saturated carbocycles. The largest absolute Gasteiger partial charge is 0.327 e. The smallest absolute Gasteiger partial charge is 0.00889 e. The van der Waals surface area contributed by atoms with Crippen LogP contribution in [0.4, 0.5) is 0 Å². The van der Waals surface area contributed by atoms with Crippen molar-refractivity contribution in [1.82, 2.24) is 4.90 Å². The number of unbranched alkanes of at least 4 members (excludes halogenated alkanes) is 4. The van der Waals surface area contributed by atoms with Crippen molar-refractivity contribution in [3.8, 4) is 0 Å². The third-order valence-electron chi connectivity index (χ3n) is 4.35. The molecule has 1 aliphatic rings. The van der Waals surface area contributed by atoms with Crippen LogP contribution in [0.1, 0.15) is 65.7 Å². The van der Waals surface area contributed by atoms with Crippen LogP contribution in [0, 0.1) is 5.92 Å². The molecule has 0 aromatic heterocycles. The second-order valence-electron chi connectivity index (χ2n) is 5.98. The summed E-state index contributed by atoms with van der Waals surface area (Å²) in [6.45, 7) is 9.38. The first-order valence-corrected chi connectivity index (χ1v) is 7.64. The second-order valence-corrected chi connectivity index (χ2v) is 5.98. The minimum absolute atomic E-state index is 0.433. The Morgan fingerprint density at radius 2 is 1.94 bits per heavy atom. The molecule has 1 heterocycles. The third-order valence-corrected chi connectivity index (χ3v) is 4.35. The predicted molar refractivity (Wildman–Crippen MR) is 76.2 cm³/mol. The molecule has 3 atom stereocenters. The zero-order valence-electron chi connectivity index (χ0n) is 12.1. The molecule has 1 saturated heterocycles. The SMILES string of the molecule is CCCCCCCC(C)N1CCC(N)C(C)C1. The van der Waals surface area contributed by atoms with E-state index in [0.29, 0.717) is 12.0 Å². The Hall–Kier alpha value is -0.0800. The van der Waals surface area contributed by atoms with Gasteiger partial charge in [0, 0.05) is 18.6 Å². The zero-order valence-corrected chi connectivity index (χ0v) is 12.1. The highest BCUT2D eigenvalue weighted by atomic mass is 15.2. The van der Waals surface area contributed by atoms with Crippen LogP contribution in [0.2, 0.25) is 0 Å². The lowest BCUT2D eigenvalue weighted by Crippen LogP contribution is -2.48. The van der Waals surface area contributed by atoms with Gasteiger partial charge in [0.1, 0.15) is 0 Å². The lowest BCUT2D eigenvalue weighted by Gasteiger charge is -2.38. The number of likely N-dealkylation sites (tertiary alicyclic amines) is 1. The van der Waals surface area contributed by atoms with Crippen LogP contribution in [0.3, 0.4) is 0 Å². The summed E-state index contributed by atoms with van der Waals surface area (Å²) in [5, 5.41) is 0. The minimum atomic E-state index is 0.433. The van der Waals surface area contributed by atoms with Crippen molar-refractivity contribution in [2.75, 3.05) is 13.1 Å². The van der Waals surface area contributed by atoms with Gasteiger partial charge in [-0.3, -0.25) is 0 Å². The summed E-state index contributed by atoms with van der Waals surface area (Å²) in [5.41, 5.74) is 6.07. The van der Waals surface area contributed by atoms with Crippen LogP contribution in [0.15, 0.2) is 0 Å². The van der Waals surface area contributed by atoms with Crippen molar-refractivity contribution in [2.24, 2.45) is 11.7 Å². The molecule has 1 aliphatic heterocycles. The Morgan fingerprint density at radius 1 is 1.24 bits per heavy atom. The Balaban J connectivity index is 2.12. The summed E-state index contributed by atoms with van der Waals surface area (Å²) in [6, 6.07) is 1.19. The maximum atomic E-state index is 6.07. The molecule has 0 radical (unpaired) electrons. The highest BCUT2D eigenvalue weighted by Crippen LogP contribution is 2.19. The van der Waals surface area contributed by atoms with Crippen molar-refractivity contribution in [1.29, 1.82) is 0 Å². The molecule has 17 heavy (non-hydrogen) atoms. The van der Waals surface area contributed by atoms with Crippen molar-refractivity contribution in [3.05, 3.63) is 0 Å². The first-order chi connectivity index (χ1) is 8.15.